The molecular formula is C21H23NO4. The molecule has 5 heteroatoms. The van der Waals surface area contributed by atoms with Crippen molar-refractivity contribution in [2.24, 2.45) is 0 Å². The van der Waals surface area contributed by atoms with Crippen molar-refractivity contribution < 1.29 is 19.0 Å². The third-order valence-corrected chi connectivity index (χ3v) is 4.99. The molecule has 0 spiro atoms. The van der Waals surface area contributed by atoms with E-state index in [0.717, 1.165) is 25.7 Å². The minimum absolute atomic E-state index is 0.0214. The first-order valence-electron chi connectivity index (χ1n) is 9.12. The third kappa shape index (κ3) is 3.21. The van der Waals surface area contributed by atoms with E-state index in [-0.39, 0.29) is 11.9 Å². The summed E-state index contributed by atoms with van der Waals surface area (Å²) in [6.45, 7) is 1.18. The number of methoxy groups -OCH3 is 1. The minimum atomic E-state index is -0.154. The monoisotopic (exact) mass is 353 g/mol. The second-order valence-electron chi connectivity index (χ2n) is 6.67. The summed E-state index contributed by atoms with van der Waals surface area (Å²) in [6, 6.07) is 11.8. The lowest BCUT2D eigenvalue weighted by molar-refractivity contribution is 0.0929. The molecule has 4 rings (SSSR count). The minimum Gasteiger partial charge on any atom is -0.496 e. The quantitative estimate of drug-likeness (QED) is 0.915. The molecule has 0 bridgehead atoms. The van der Waals surface area contributed by atoms with Crippen molar-refractivity contribution in [2.75, 3.05) is 20.3 Å². The van der Waals surface area contributed by atoms with Crippen LogP contribution in [0.4, 0.5) is 0 Å². The van der Waals surface area contributed by atoms with Crippen LogP contribution in [0, 0.1) is 0 Å². The molecular weight excluding hydrogens is 330 g/mol. The zero-order valence-electron chi connectivity index (χ0n) is 14.9. The number of benzene rings is 2. The van der Waals surface area contributed by atoms with Gasteiger partial charge in [-0.25, -0.2) is 0 Å². The second kappa shape index (κ2) is 7.28. The summed E-state index contributed by atoms with van der Waals surface area (Å²) in [6.07, 6.45) is 3.89. The Morgan fingerprint density at radius 3 is 2.69 bits per heavy atom. The maximum absolute atomic E-state index is 13.0. The molecule has 0 saturated carbocycles. The summed E-state index contributed by atoms with van der Waals surface area (Å²) in [5.41, 5.74) is 3.00. The Morgan fingerprint density at radius 1 is 1.12 bits per heavy atom. The third-order valence-electron chi connectivity index (χ3n) is 4.99. The van der Waals surface area contributed by atoms with Crippen molar-refractivity contribution in [2.45, 2.75) is 31.7 Å². The van der Waals surface area contributed by atoms with Crippen molar-refractivity contribution in [3.63, 3.8) is 0 Å². The molecule has 1 aliphatic heterocycles. The number of hydrogen-bond donors (Lipinski definition) is 1. The number of rotatable bonds is 3. The Morgan fingerprint density at radius 2 is 1.88 bits per heavy atom. The van der Waals surface area contributed by atoms with E-state index >= 15 is 0 Å². The molecule has 136 valence electrons. The number of carbonyl (C=O) groups is 1. The van der Waals surface area contributed by atoms with Gasteiger partial charge in [-0.3, -0.25) is 4.79 Å². The highest BCUT2D eigenvalue weighted by molar-refractivity contribution is 5.98. The van der Waals surface area contributed by atoms with Crippen LogP contribution in [0.3, 0.4) is 0 Å². The van der Waals surface area contributed by atoms with Crippen LogP contribution in [0.1, 0.15) is 46.8 Å². The number of ether oxygens (including phenoxy) is 3. The van der Waals surface area contributed by atoms with E-state index in [1.807, 2.05) is 6.07 Å². The molecule has 26 heavy (non-hydrogen) atoms. The van der Waals surface area contributed by atoms with Crippen molar-refractivity contribution in [3.05, 3.63) is 53.1 Å². The van der Waals surface area contributed by atoms with Crippen molar-refractivity contribution in [1.82, 2.24) is 5.32 Å². The van der Waals surface area contributed by atoms with E-state index in [0.29, 0.717) is 36.0 Å². The number of carbonyl (C=O) groups excluding carboxylic acids is 1. The summed E-state index contributed by atoms with van der Waals surface area (Å²) >= 11 is 0. The summed E-state index contributed by atoms with van der Waals surface area (Å²) in [7, 11) is 1.56. The highest BCUT2D eigenvalue weighted by atomic mass is 16.5. The molecule has 0 aromatic heterocycles. The van der Waals surface area contributed by atoms with Crippen LogP contribution in [0.25, 0.3) is 0 Å². The van der Waals surface area contributed by atoms with Gasteiger partial charge in [0, 0.05) is 18.6 Å². The second-order valence-corrected chi connectivity index (χ2v) is 6.67. The van der Waals surface area contributed by atoms with Gasteiger partial charge < -0.3 is 19.5 Å². The van der Waals surface area contributed by atoms with Crippen LogP contribution >= 0.6 is 0 Å². The van der Waals surface area contributed by atoms with Gasteiger partial charge in [0.1, 0.15) is 5.75 Å². The molecule has 1 aliphatic carbocycles. The molecule has 1 amide bonds. The Hall–Kier alpha value is -2.69. The normalized spacial score (nSPS) is 18.4. The molecule has 1 N–H and O–H groups in total. The predicted octanol–water partition coefficient (Wildman–Crippen LogP) is 3.66. The molecule has 5 nitrogen and oxygen atoms in total. The SMILES string of the molecule is COc1cc2c(cc1C(=O)N[C@H]1CCCc3ccccc31)OCCCO2. The summed E-state index contributed by atoms with van der Waals surface area (Å²) in [4.78, 5) is 13.0. The van der Waals surface area contributed by atoms with E-state index in [1.165, 1.54) is 11.1 Å². The van der Waals surface area contributed by atoms with Gasteiger partial charge in [-0.1, -0.05) is 24.3 Å². The maximum atomic E-state index is 13.0. The lowest BCUT2D eigenvalue weighted by Gasteiger charge is -2.26. The molecule has 2 aromatic carbocycles. The van der Waals surface area contributed by atoms with Gasteiger partial charge in [0.05, 0.1) is 31.9 Å². The molecule has 0 saturated heterocycles. The number of hydrogen-bond acceptors (Lipinski definition) is 4. The van der Waals surface area contributed by atoms with Crippen molar-refractivity contribution in [1.29, 1.82) is 0 Å². The van der Waals surface area contributed by atoms with E-state index in [1.54, 1.807) is 19.2 Å². The molecule has 2 aromatic rings. The molecule has 0 radical (unpaired) electrons. The Balaban J connectivity index is 1.62. The molecule has 1 atom stereocenters. The first-order valence-corrected chi connectivity index (χ1v) is 9.12. The fourth-order valence-electron chi connectivity index (χ4n) is 3.68. The van der Waals surface area contributed by atoms with Gasteiger partial charge in [0.15, 0.2) is 11.5 Å². The molecule has 0 fully saturated rings. The molecule has 2 aliphatic rings. The van der Waals surface area contributed by atoms with Crippen LogP contribution in [-0.2, 0) is 6.42 Å². The van der Waals surface area contributed by atoms with Crippen LogP contribution < -0.4 is 19.5 Å². The standard InChI is InChI=1S/C21H23NO4/c1-24-18-13-20-19(25-10-5-11-26-20)12-16(18)21(23)22-17-9-4-7-14-6-2-3-8-15(14)17/h2-3,6,8,12-13,17H,4-5,7,9-11H2,1H3,(H,22,23)/t17-/m0/s1. The fraction of sp³-hybridized carbons (Fsp3) is 0.381. The number of aryl methyl sites for hydroxylation is 1. The van der Waals surface area contributed by atoms with E-state index in [9.17, 15) is 4.79 Å². The average Bonchev–Trinajstić information content (AvgIpc) is 2.92. The first-order chi connectivity index (χ1) is 12.8. The smallest absolute Gasteiger partial charge is 0.255 e. The zero-order valence-corrected chi connectivity index (χ0v) is 14.9. The van der Waals surface area contributed by atoms with Crippen LogP contribution in [-0.4, -0.2) is 26.2 Å². The number of amides is 1. The fourth-order valence-corrected chi connectivity index (χ4v) is 3.68. The average molecular weight is 353 g/mol. The van der Waals surface area contributed by atoms with Gasteiger partial charge in [-0.15, -0.1) is 0 Å². The van der Waals surface area contributed by atoms with E-state index < -0.39 is 0 Å². The van der Waals surface area contributed by atoms with Crippen LogP contribution in [0.5, 0.6) is 17.2 Å². The Bertz CT molecular complexity index is 818. The lowest BCUT2D eigenvalue weighted by atomic mass is 9.87. The predicted molar refractivity (Wildman–Crippen MR) is 98.2 cm³/mol. The van der Waals surface area contributed by atoms with Crippen LogP contribution in [0.15, 0.2) is 36.4 Å². The Labute approximate surface area is 153 Å². The summed E-state index contributed by atoms with van der Waals surface area (Å²) < 4.78 is 16.8. The van der Waals surface area contributed by atoms with Gasteiger partial charge in [0.25, 0.3) is 5.91 Å². The van der Waals surface area contributed by atoms with Crippen molar-refractivity contribution in [3.8, 4) is 17.2 Å². The first kappa shape index (κ1) is 16.8. The number of nitrogens with one attached hydrogen (secondary N) is 1. The van der Waals surface area contributed by atoms with Crippen molar-refractivity contribution >= 4 is 5.91 Å². The molecule has 0 unspecified atom stereocenters. The zero-order chi connectivity index (χ0) is 17.9. The van der Waals surface area contributed by atoms with Gasteiger partial charge in [-0.2, -0.15) is 0 Å². The topological polar surface area (TPSA) is 56.8 Å². The van der Waals surface area contributed by atoms with Gasteiger partial charge in [-0.05, 0) is 30.4 Å². The van der Waals surface area contributed by atoms with Crippen LogP contribution in [0.2, 0.25) is 0 Å². The van der Waals surface area contributed by atoms with E-state index in [4.69, 9.17) is 14.2 Å². The Kier molecular flexibility index (Phi) is 4.69. The highest BCUT2D eigenvalue weighted by Gasteiger charge is 2.25. The maximum Gasteiger partial charge on any atom is 0.255 e. The highest BCUT2D eigenvalue weighted by Crippen LogP contribution is 2.37. The van der Waals surface area contributed by atoms with E-state index in [2.05, 4.69) is 23.5 Å². The largest absolute Gasteiger partial charge is 0.496 e. The summed E-state index contributed by atoms with van der Waals surface area (Å²) in [5, 5.41) is 3.17. The van der Waals surface area contributed by atoms with Gasteiger partial charge in [0.2, 0.25) is 0 Å². The molecule has 1 heterocycles. The lowest BCUT2D eigenvalue weighted by Crippen LogP contribution is -2.31. The summed E-state index contributed by atoms with van der Waals surface area (Å²) in [5.74, 6) is 1.56. The van der Waals surface area contributed by atoms with Gasteiger partial charge >= 0.3 is 0 Å². The number of fused-ring (bicyclic) bond motifs is 2.